The van der Waals surface area contributed by atoms with Crippen LogP contribution in [0.25, 0.3) is 0 Å². The number of rotatable bonds is 6. The molecule has 0 spiro atoms. The van der Waals surface area contributed by atoms with Crippen molar-refractivity contribution < 1.29 is 4.42 Å². The Balaban J connectivity index is 1.78. The van der Waals surface area contributed by atoms with Gasteiger partial charge in [0.25, 0.3) is 0 Å². The lowest BCUT2D eigenvalue weighted by molar-refractivity contribution is 0.430. The topological polar surface area (TPSA) is 43.0 Å². The molecule has 0 amide bonds. The Morgan fingerprint density at radius 1 is 1.44 bits per heavy atom. The summed E-state index contributed by atoms with van der Waals surface area (Å²) in [6.45, 7) is 4.37. The first-order chi connectivity index (χ1) is 8.65. The van der Waals surface area contributed by atoms with Crippen LogP contribution in [-0.2, 0) is 13.5 Å². The number of furan rings is 1. The average molecular weight is 247 g/mol. The van der Waals surface area contributed by atoms with Crippen molar-refractivity contribution in [3.8, 4) is 0 Å². The molecular weight excluding hydrogens is 226 g/mol. The predicted octanol–water partition coefficient (Wildman–Crippen LogP) is 2.69. The first-order valence-electron chi connectivity index (χ1n) is 6.42. The molecule has 0 fully saturated rings. The van der Waals surface area contributed by atoms with Crippen LogP contribution in [0, 0.1) is 0 Å². The maximum Gasteiger partial charge on any atom is 0.103 e. The highest BCUT2D eigenvalue weighted by Gasteiger charge is 2.11. The Kier molecular flexibility index (Phi) is 4.20. The van der Waals surface area contributed by atoms with E-state index in [4.69, 9.17) is 4.42 Å². The first-order valence-corrected chi connectivity index (χ1v) is 6.42. The van der Waals surface area contributed by atoms with Crippen LogP contribution < -0.4 is 5.32 Å². The van der Waals surface area contributed by atoms with Gasteiger partial charge in [0.2, 0.25) is 0 Å². The fourth-order valence-electron chi connectivity index (χ4n) is 2.08. The lowest BCUT2D eigenvalue weighted by Gasteiger charge is -2.18. The van der Waals surface area contributed by atoms with Gasteiger partial charge in [0.15, 0.2) is 0 Å². The van der Waals surface area contributed by atoms with Gasteiger partial charge in [-0.25, -0.2) is 0 Å². The summed E-state index contributed by atoms with van der Waals surface area (Å²) >= 11 is 0. The van der Waals surface area contributed by atoms with Crippen LogP contribution in [0.2, 0.25) is 0 Å². The maximum atomic E-state index is 5.34. The van der Waals surface area contributed by atoms with Crippen LogP contribution in [0.4, 0.5) is 0 Å². The van der Waals surface area contributed by atoms with Crippen LogP contribution in [-0.4, -0.2) is 15.8 Å². The Hall–Kier alpha value is -1.55. The number of hydrogen-bond donors (Lipinski definition) is 1. The van der Waals surface area contributed by atoms with Crippen molar-refractivity contribution >= 4 is 0 Å². The Labute approximate surface area is 108 Å². The molecule has 2 aromatic heterocycles. The third kappa shape index (κ3) is 3.47. The van der Waals surface area contributed by atoms with E-state index in [1.54, 1.807) is 6.26 Å². The summed E-state index contributed by atoms with van der Waals surface area (Å²) in [5.74, 6) is 1.05. The minimum atomic E-state index is 0.324. The van der Waals surface area contributed by atoms with Crippen molar-refractivity contribution in [3.05, 3.63) is 42.1 Å². The number of nitrogens with zero attached hydrogens (tertiary/aromatic N) is 2. The zero-order valence-corrected chi connectivity index (χ0v) is 11.3. The van der Waals surface area contributed by atoms with Crippen molar-refractivity contribution in [2.45, 2.75) is 38.8 Å². The van der Waals surface area contributed by atoms with Gasteiger partial charge in [-0.1, -0.05) is 0 Å². The largest absolute Gasteiger partial charge is 0.469 e. The van der Waals surface area contributed by atoms with Gasteiger partial charge in [-0.2, -0.15) is 5.10 Å². The molecule has 0 aliphatic heterocycles. The second-order valence-corrected chi connectivity index (χ2v) is 4.85. The lowest BCUT2D eigenvalue weighted by Crippen LogP contribution is -2.29. The Morgan fingerprint density at radius 3 is 2.89 bits per heavy atom. The van der Waals surface area contributed by atoms with Gasteiger partial charge in [0, 0.05) is 37.3 Å². The van der Waals surface area contributed by atoms with E-state index in [0.29, 0.717) is 12.1 Å². The molecule has 18 heavy (non-hydrogen) atoms. The van der Waals surface area contributed by atoms with Crippen LogP contribution in [0.1, 0.15) is 37.6 Å². The Morgan fingerprint density at radius 2 is 2.28 bits per heavy atom. The maximum absolute atomic E-state index is 5.34. The molecule has 4 nitrogen and oxygen atoms in total. The standard InChI is InChI=1S/C14H21N3O/c1-11(6-7-14-5-4-8-18-14)16-12(2)13-9-15-17(3)10-13/h4-5,8-12,16H,6-7H2,1-3H3. The van der Waals surface area contributed by atoms with E-state index in [1.165, 1.54) is 5.56 Å². The summed E-state index contributed by atoms with van der Waals surface area (Å²) in [5, 5.41) is 7.77. The van der Waals surface area contributed by atoms with Crippen molar-refractivity contribution in [2.75, 3.05) is 0 Å². The molecular formula is C14H21N3O. The third-order valence-electron chi connectivity index (χ3n) is 3.16. The van der Waals surface area contributed by atoms with Gasteiger partial charge >= 0.3 is 0 Å². The molecule has 2 heterocycles. The summed E-state index contributed by atoms with van der Waals surface area (Å²) < 4.78 is 7.17. The number of aryl methyl sites for hydroxylation is 2. The summed E-state index contributed by atoms with van der Waals surface area (Å²) in [7, 11) is 1.94. The van der Waals surface area contributed by atoms with Crippen molar-refractivity contribution in [2.24, 2.45) is 7.05 Å². The smallest absolute Gasteiger partial charge is 0.103 e. The number of hydrogen-bond acceptors (Lipinski definition) is 3. The van der Waals surface area contributed by atoms with Crippen molar-refractivity contribution in [3.63, 3.8) is 0 Å². The van der Waals surface area contributed by atoms with Crippen molar-refractivity contribution in [1.29, 1.82) is 0 Å². The van der Waals surface area contributed by atoms with Crippen LogP contribution in [0.5, 0.6) is 0 Å². The molecule has 0 aromatic carbocycles. The minimum absolute atomic E-state index is 0.324. The molecule has 0 radical (unpaired) electrons. The van der Waals surface area contributed by atoms with Crippen LogP contribution in [0.15, 0.2) is 35.2 Å². The number of nitrogens with one attached hydrogen (secondary N) is 1. The third-order valence-corrected chi connectivity index (χ3v) is 3.16. The van der Waals surface area contributed by atoms with E-state index >= 15 is 0 Å². The highest BCUT2D eigenvalue weighted by molar-refractivity contribution is 5.09. The second-order valence-electron chi connectivity index (χ2n) is 4.85. The molecule has 0 bridgehead atoms. The molecule has 2 aromatic rings. The first kappa shape index (κ1) is 12.9. The van der Waals surface area contributed by atoms with E-state index in [1.807, 2.05) is 30.1 Å². The van der Waals surface area contributed by atoms with E-state index in [-0.39, 0.29) is 0 Å². The van der Waals surface area contributed by atoms with E-state index in [0.717, 1.165) is 18.6 Å². The molecule has 2 rings (SSSR count). The molecule has 1 N–H and O–H groups in total. The van der Waals surface area contributed by atoms with Crippen LogP contribution in [0.3, 0.4) is 0 Å². The summed E-state index contributed by atoms with van der Waals surface area (Å²) in [6, 6.07) is 4.73. The van der Waals surface area contributed by atoms with Gasteiger partial charge < -0.3 is 9.73 Å². The van der Waals surface area contributed by atoms with E-state index in [2.05, 4.69) is 30.5 Å². The molecule has 98 valence electrons. The van der Waals surface area contributed by atoms with Gasteiger partial charge in [-0.05, 0) is 32.4 Å². The van der Waals surface area contributed by atoms with Crippen molar-refractivity contribution in [1.82, 2.24) is 15.1 Å². The lowest BCUT2D eigenvalue weighted by atomic mass is 10.1. The zero-order chi connectivity index (χ0) is 13.0. The normalized spacial score (nSPS) is 14.6. The molecule has 0 aliphatic rings. The molecule has 2 atom stereocenters. The molecule has 0 aliphatic carbocycles. The van der Waals surface area contributed by atoms with E-state index in [9.17, 15) is 0 Å². The molecule has 4 heteroatoms. The summed E-state index contributed by atoms with van der Waals surface area (Å²) in [5.41, 5.74) is 1.22. The monoisotopic (exact) mass is 247 g/mol. The zero-order valence-electron chi connectivity index (χ0n) is 11.3. The van der Waals surface area contributed by atoms with Crippen LogP contribution >= 0.6 is 0 Å². The summed E-state index contributed by atoms with van der Waals surface area (Å²) in [4.78, 5) is 0. The highest BCUT2D eigenvalue weighted by atomic mass is 16.3. The van der Waals surface area contributed by atoms with Gasteiger partial charge in [0.05, 0.1) is 12.5 Å². The van der Waals surface area contributed by atoms with E-state index < -0.39 is 0 Å². The fraction of sp³-hybridized carbons (Fsp3) is 0.500. The second kappa shape index (κ2) is 5.87. The minimum Gasteiger partial charge on any atom is -0.469 e. The number of aromatic nitrogens is 2. The van der Waals surface area contributed by atoms with Gasteiger partial charge in [0.1, 0.15) is 5.76 Å². The highest BCUT2D eigenvalue weighted by Crippen LogP contribution is 2.13. The van der Waals surface area contributed by atoms with Gasteiger partial charge in [-0.15, -0.1) is 0 Å². The van der Waals surface area contributed by atoms with Gasteiger partial charge in [-0.3, -0.25) is 4.68 Å². The molecule has 0 saturated carbocycles. The molecule has 2 unspecified atom stereocenters. The fourth-order valence-corrected chi connectivity index (χ4v) is 2.08. The predicted molar refractivity (Wildman–Crippen MR) is 71.2 cm³/mol. The quantitative estimate of drug-likeness (QED) is 0.853. The molecule has 0 saturated heterocycles. The summed E-state index contributed by atoms with van der Waals surface area (Å²) in [6.07, 6.45) is 7.73. The Bertz CT molecular complexity index is 461. The average Bonchev–Trinajstić information content (AvgIpc) is 2.97. The SMILES string of the molecule is CC(CCc1ccco1)NC(C)c1cnn(C)c1.